The molecule has 326 valence electrons. The van der Waals surface area contributed by atoms with Gasteiger partial charge in [-0.15, -0.1) is 0 Å². The molecule has 0 amide bonds. The van der Waals surface area contributed by atoms with E-state index in [0.29, 0.717) is 0 Å². The summed E-state index contributed by atoms with van der Waals surface area (Å²) in [6.45, 7) is 9.64. The van der Waals surface area contributed by atoms with Crippen molar-refractivity contribution in [2.45, 2.75) is 38.5 Å². The van der Waals surface area contributed by atoms with E-state index in [-0.39, 0.29) is 10.8 Å². The number of rotatable bonds is 1. The van der Waals surface area contributed by atoms with Crippen LogP contribution in [0.4, 0.5) is 0 Å². The first-order valence-corrected chi connectivity index (χ1v) is 24.7. The Bertz CT molecular complexity index is 4960. The van der Waals surface area contributed by atoms with Crippen LogP contribution in [-0.2, 0) is 10.8 Å². The lowest BCUT2D eigenvalue weighted by atomic mass is 9.80. The Morgan fingerprint density at radius 3 is 1.46 bits per heavy atom. The van der Waals surface area contributed by atoms with Gasteiger partial charge >= 0.3 is 0 Å². The van der Waals surface area contributed by atoms with E-state index in [1.165, 1.54) is 121 Å². The van der Waals surface area contributed by atoms with E-state index in [2.05, 4.69) is 206 Å². The number of hydrogen-bond donors (Lipinski definition) is 0. The van der Waals surface area contributed by atoms with Crippen molar-refractivity contribution in [2.24, 2.45) is 0 Å². The number of benzene rings is 10. The van der Waals surface area contributed by atoms with Gasteiger partial charge in [-0.2, -0.15) is 0 Å². The summed E-state index contributed by atoms with van der Waals surface area (Å²) in [4.78, 5) is 0. The molecule has 70 heavy (non-hydrogen) atoms. The predicted molar refractivity (Wildman–Crippen MR) is 291 cm³/mol. The van der Waals surface area contributed by atoms with Crippen molar-refractivity contribution < 1.29 is 8.83 Å². The van der Waals surface area contributed by atoms with Crippen LogP contribution in [0.15, 0.2) is 179 Å². The van der Waals surface area contributed by atoms with Gasteiger partial charge in [0.1, 0.15) is 22.3 Å². The Morgan fingerprint density at radius 2 is 0.829 bits per heavy atom. The molecule has 10 aromatic carbocycles. The van der Waals surface area contributed by atoms with Crippen LogP contribution in [0.25, 0.3) is 153 Å². The van der Waals surface area contributed by atoms with Gasteiger partial charge in [0.25, 0.3) is 0 Å². The summed E-state index contributed by atoms with van der Waals surface area (Å²) >= 11 is 0. The summed E-state index contributed by atoms with van der Waals surface area (Å²) in [7, 11) is 0. The smallest absolute Gasteiger partial charge is 0.137 e. The van der Waals surface area contributed by atoms with E-state index >= 15 is 0 Å². The Labute approximate surface area is 399 Å². The molecule has 0 saturated heterocycles. The zero-order chi connectivity index (χ0) is 45.8. The lowest BCUT2D eigenvalue weighted by Crippen LogP contribution is -2.15. The molecule has 4 heteroatoms. The third kappa shape index (κ3) is 3.95. The molecule has 0 N–H and O–H groups in total. The first kappa shape index (κ1) is 36.4. The van der Waals surface area contributed by atoms with Crippen molar-refractivity contribution in [1.29, 1.82) is 0 Å². The quantitative estimate of drug-likeness (QED) is 0.165. The Hall–Kier alpha value is -8.60. The maximum Gasteiger partial charge on any atom is 0.137 e. The molecule has 0 aliphatic heterocycles. The fraction of sp³-hybridized carbons (Fsp3) is 0.0909. The molecule has 16 aromatic rings. The molecule has 2 aliphatic carbocycles. The molecule has 0 radical (unpaired) electrons. The van der Waals surface area contributed by atoms with Crippen molar-refractivity contribution >= 4 is 120 Å². The van der Waals surface area contributed by atoms with Crippen LogP contribution < -0.4 is 0 Å². The van der Waals surface area contributed by atoms with Gasteiger partial charge in [-0.05, 0) is 98.6 Å². The Kier molecular flexibility index (Phi) is 6.05. The molecule has 0 spiro atoms. The number of furan rings is 2. The highest BCUT2D eigenvalue weighted by molar-refractivity contribution is 6.33. The summed E-state index contributed by atoms with van der Waals surface area (Å²) in [5, 5.41) is 14.8. The zero-order valence-corrected chi connectivity index (χ0v) is 38.9. The van der Waals surface area contributed by atoms with E-state index < -0.39 is 0 Å². The lowest BCUT2D eigenvalue weighted by Gasteiger charge is -2.23. The van der Waals surface area contributed by atoms with Crippen LogP contribution in [0.1, 0.15) is 49.9 Å². The molecule has 6 aromatic heterocycles. The maximum absolute atomic E-state index is 6.61. The highest BCUT2D eigenvalue weighted by Gasteiger charge is 2.41. The third-order valence-corrected chi connectivity index (χ3v) is 17.5. The van der Waals surface area contributed by atoms with Gasteiger partial charge in [0, 0.05) is 93.2 Å². The first-order chi connectivity index (χ1) is 34.2. The topological polar surface area (TPSA) is 35.1 Å². The van der Waals surface area contributed by atoms with Crippen LogP contribution in [0.2, 0.25) is 0 Å². The standard InChI is InChI=1S/C66H40N2O2/c1-65(2)47-20-9-5-16-36(47)58-49(65)24-25-51-60(58)38-18-13-19-39-61-59-37-17-6-10-21-48(37)66(3,4)50(59)30-40(64(61)68(51)62(38)39)33-26-45-41-28-43-34-14-7-11-22-54(34)69-56(43)31-52(41)67-53-32-57-44(29-42(53)46(27-33)63(45)67)35-15-8-12-23-55(35)70-57/h5-32H,1-4H3. The summed E-state index contributed by atoms with van der Waals surface area (Å²) < 4.78 is 18.4. The molecule has 0 atom stereocenters. The van der Waals surface area contributed by atoms with E-state index in [1.54, 1.807) is 0 Å². The third-order valence-electron chi connectivity index (χ3n) is 17.5. The van der Waals surface area contributed by atoms with Crippen molar-refractivity contribution in [3.05, 3.63) is 192 Å². The summed E-state index contributed by atoms with van der Waals surface area (Å²) in [6, 6.07) is 64.0. The largest absolute Gasteiger partial charge is 0.456 e. The molecular weight excluding hydrogens is 853 g/mol. The fourth-order valence-corrected chi connectivity index (χ4v) is 14.5. The van der Waals surface area contributed by atoms with Gasteiger partial charge in [0.2, 0.25) is 0 Å². The highest BCUT2D eigenvalue weighted by Crippen LogP contribution is 2.59. The normalized spacial score (nSPS) is 15.1. The van der Waals surface area contributed by atoms with Gasteiger partial charge < -0.3 is 17.6 Å². The molecule has 0 bridgehead atoms. The highest BCUT2D eigenvalue weighted by atomic mass is 16.3. The molecule has 0 fully saturated rings. The van der Waals surface area contributed by atoms with Gasteiger partial charge in [-0.25, -0.2) is 0 Å². The number of hydrogen-bond acceptors (Lipinski definition) is 2. The zero-order valence-electron chi connectivity index (χ0n) is 38.9. The minimum absolute atomic E-state index is 0.106. The fourth-order valence-electron chi connectivity index (χ4n) is 14.5. The van der Waals surface area contributed by atoms with Crippen molar-refractivity contribution in [1.82, 2.24) is 8.80 Å². The average molecular weight is 893 g/mol. The predicted octanol–water partition coefficient (Wildman–Crippen LogP) is 18.1. The number of nitrogens with zero attached hydrogens (tertiary/aromatic N) is 2. The minimum Gasteiger partial charge on any atom is -0.456 e. The summed E-state index contributed by atoms with van der Waals surface area (Å²) in [6.07, 6.45) is 0. The molecule has 6 heterocycles. The lowest BCUT2D eigenvalue weighted by molar-refractivity contribution is 0.661. The summed E-state index contributed by atoms with van der Waals surface area (Å²) in [5.41, 5.74) is 24.1. The van der Waals surface area contributed by atoms with E-state index in [9.17, 15) is 0 Å². The monoisotopic (exact) mass is 892 g/mol. The molecule has 18 rings (SSSR count). The number of aromatic nitrogens is 2. The molecule has 0 unspecified atom stereocenters. The van der Waals surface area contributed by atoms with Crippen LogP contribution >= 0.6 is 0 Å². The summed E-state index contributed by atoms with van der Waals surface area (Å²) in [5.74, 6) is 0. The van der Waals surface area contributed by atoms with E-state index in [0.717, 1.165) is 54.9 Å². The first-order valence-electron chi connectivity index (χ1n) is 24.7. The van der Waals surface area contributed by atoms with Gasteiger partial charge in [0.05, 0.1) is 33.1 Å². The van der Waals surface area contributed by atoms with Gasteiger partial charge in [-0.1, -0.05) is 137 Å². The van der Waals surface area contributed by atoms with Crippen LogP contribution in [0.3, 0.4) is 0 Å². The van der Waals surface area contributed by atoms with E-state index in [1.807, 2.05) is 0 Å². The molecule has 4 nitrogen and oxygen atoms in total. The maximum atomic E-state index is 6.61. The van der Waals surface area contributed by atoms with Crippen LogP contribution in [-0.4, -0.2) is 8.80 Å². The Morgan fingerprint density at radius 1 is 0.314 bits per heavy atom. The van der Waals surface area contributed by atoms with Gasteiger partial charge in [-0.3, -0.25) is 0 Å². The second-order valence-corrected chi connectivity index (χ2v) is 21.5. The van der Waals surface area contributed by atoms with Crippen LogP contribution in [0.5, 0.6) is 0 Å². The van der Waals surface area contributed by atoms with Crippen molar-refractivity contribution in [3.63, 3.8) is 0 Å². The second kappa shape index (κ2) is 11.6. The van der Waals surface area contributed by atoms with Gasteiger partial charge in [0.15, 0.2) is 0 Å². The Balaban J connectivity index is 1.05. The second-order valence-electron chi connectivity index (χ2n) is 21.5. The molecular formula is C66H40N2O2. The number of para-hydroxylation sites is 3. The van der Waals surface area contributed by atoms with Crippen molar-refractivity contribution in [3.8, 4) is 33.4 Å². The molecule has 0 saturated carbocycles. The average Bonchev–Trinajstić information content (AvgIpc) is 4.27. The van der Waals surface area contributed by atoms with E-state index in [4.69, 9.17) is 8.83 Å². The molecule has 2 aliphatic rings. The van der Waals surface area contributed by atoms with Crippen LogP contribution in [0, 0.1) is 0 Å². The SMILES string of the molecule is CC1(C)c2ccccc2-c2c1ccc1c2c2cccc3c4c5c(cc(-c6cc7c8cc9c(cc8n8c%10cc%11oc%12ccccc%12c%11cc%10c(c6)c78)oc6ccccc69)c4n1c23)C(C)(C)c1ccccc1-5. The number of fused-ring (bicyclic) bond motifs is 26. The minimum atomic E-state index is -0.218. The van der Waals surface area contributed by atoms with Crippen molar-refractivity contribution in [2.75, 3.05) is 0 Å².